The van der Waals surface area contributed by atoms with Gasteiger partial charge in [0.25, 0.3) is 0 Å². The minimum atomic E-state index is 0.200. The lowest BCUT2D eigenvalue weighted by atomic mass is 10.0. The first-order valence-electron chi connectivity index (χ1n) is 7.67. The number of hydrogen-bond donors (Lipinski definition) is 1. The Bertz CT molecular complexity index is 456. The number of rotatable bonds is 5. The summed E-state index contributed by atoms with van der Waals surface area (Å²) < 4.78 is 0. The topological polar surface area (TPSA) is 35.6 Å². The molecule has 0 aliphatic carbocycles. The Morgan fingerprint density at radius 3 is 2.57 bits per heavy atom. The normalized spacial score (nSPS) is 17.1. The fourth-order valence-corrected chi connectivity index (χ4v) is 3.61. The molecule has 0 spiro atoms. The Morgan fingerprint density at radius 1 is 1.38 bits per heavy atom. The number of nitrogens with zero attached hydrogens (tertiary/aromatic N) is 2. The van der Waals surface area contributed by atoms with Crippen LogP contribution in [0.25, 0.3) is 0 Å². The number of amides is 1. The highest BCUT2D eigenvalue weighted by Gasteiger charge is 2.21. The maximum Gasteiger partial charge on any atom is 0.236 e. The lowest BCUT2D eigenvalue weighted by Crippen LogP contribution is -2.45. The van der Waals surface area contributed by atoms with Gasteiger partial charge in [0.1, 0.15) is 0 Å². The first kappa shape index (κ1) is 16.5. The zero-order valence-corrected chi connectivity index (χ0v) is 14.4. The highest BCUT2D eigenvalue weighted by atomic mass is 32.1. The third kappa shape index (κ3) is 4.80. The highest BCUT2D eigenvalue weighted by molar-refractivity contribution is 7.12. The Morgan fingerprint density at radius 2 is 2.05 bits per heavy atom. The van der Waals surface area contributed by atoms with Crippen molar-refractivity contribution in [3.05, 3.63) is 21.4 Å². The molecule has 0 aromatic carbocycles. The molecule has 1 aliphatic rings. The molecule has 118 valence electrons. The Kier molecular flexibility index (Phi) is 5.79. The molecule has 21 heavy (non-hydrogen) atoms. The van der Waals surface area contributed by atoms with E-state index in [1.165, 1.54) is 15.3 Å². The fraction of sp³-hybridized carbons (Fsp3) is 0.688. The average Bonchev–Trinajstić information content (AvgIpc) is 2.77. The van der Waals surface area contributed by atoms with Crippen LogP contribution in [0.4, 0.5) is 0 Å². The van der Waals surface area contributed by atoms with Crippen molar-refractivity contribution in [3.8, 4) is 0 Å². The van der Waals surface area contributed by atoms with Crippen LogP contribution >= 0.6 is 11.3 Å². The highest BCUT2D eigenvalue weighted by Crippen LogP contribution is 2.21. The van der Waals surface area contributed by atoms with Crippen molar-refractivity contribution in [2.45, 2.75) is 39.3 Å². The van der Waals surface area contributed by atoms with Crippen molar-refractivity contribution in [2.24, 2.45) is 0 Å². The molecule has 2 heterocycles. The van der Waals surface area contributed by atoms with Gasteiger partial charge in [-0.1, -0.05) is 0 Å². The van der Waals surface area contributed by atoms with Crippen LogP contribution in [-0.2, 0) is 11.3 Å². The van der Waals surface area contributed by atoms with Gasteiger partial charge in [-0.25, -0.2) is 0 Å². The van der Waals surface area contributed by atoms with Gasteiger partial charge in [0, 0.05) is 49.5 Å². The zero-order chi connectivity index (χ0) is 15.4. The predicted molar refractivity (Wildman–Crippen MR) is 88.8 cm³/mol. The van der Waals surface area contributed by atoms with E-state index in [0.717, 1.165) is 32.5 Å². The molecule has 1 N–H and O–H groups in total. The molecule has 0 saturated carbocycles. The third-order valence-corrected chi connectivity index (χ3v) is 5.38. The van der Waals surface area contributed by atoms with Gasteiger partial charge in [-0.05, 0) is 38.3 Å². The second kappa shape index (κ2) is 7.38. The number of hydrogen-bond acceptors (Lipinski definition) is 4. The number of carbonyl (C=O) groups is 1. The van der Waals surface area contributed by atoms with Crippen LogP contribution in [0.5, 0.6) is 0 Å². The molecule has 4 nitrogen and oxygen atoms in total. The van der Waals surface area contributed by atoms with Gasteiger partial charge in [-0.15, -0.1) is 11.3 Å². The van der Waals surface area contributed by atoms with Gasteiger partial charge in [-0.2, -0.15) is 0 Å². The molecular weight excluding hydrogens is 282 g/mol. The number of nitrogens with one attached hydrogen (secondary N) is 1. The van der Waals surface area contributed by atoms with Crippen molar-refractivity contribution in [3.63, 3.8) is 0 Å². The summed E-state index contributed by atoms with van der Waals surface area (Å²) in [5.41, 5.74) is 1.40. The van der Waals surface area contributed by atoms with Crippen LogP contribution in [0.3, 0.4) is 0 Å². The van der Waals surface area contributed by atoms with E-state index in [-0.39, 0.29) is 5.91 Å². The summed E-state index contributed by atoms with van der Waals surface area (Å²) in [6.07, 6.45) is 2.26. The molecule has 0 radical (unpaired) electrons. The molecule has 0 bridgehead atoms. The number of piperidine rings is 1. The van der Waals surface area contributed by atoms with Crippen LogP contribution in [0.2, 0.25) is 0 Å². The summed E-state index contributed by atoms with van der Waals surface area (Å²) in [4.78, 5) is 18.5. The molecule has 0 atom stereocenters. The van der Waals surface area contributed by atoms with Gasteiger partial charge in [0.15, 0.2) is 0 Å². The Balaban J connectivity index is 1.70. The fourth-order valence-electron chi connectivity index (χ4n) is 2.61. The SMILES string of the molecule is Cc1cc(CNC2CCN(CC(=O)N(C)C)CC2)sc1C. The minimum Gasteiger partial charge on any atom is -0.348 e. The van der Waals surface area contributed by atoms with Gasteiger partial charge < -0.3 is 10.2 Å². The number of likely N-dealkylation sites (N-methyl/N-ethyl adjacent to an activating group) is 1. The summed E-state index contributed by atoms with van der Waals surface area (Å²) in [5.74, 6) is 0.200. The van der Waals surface area contributed by atoms with E-state index in [1.54, 1.807) is 4.90 Å². The quantitative estimate of drug-likeness (QED) is 0.904. The van der Waals surface area contributed by atoms with Crippen molar-refractivity contribution < 1.29 is 4.79 Å². The zero-order valence-electron chi connectivity index (χ0n) is 13.6. The molecule has 1 amide bonds. The molecule has 1 aromatic rings. The number of carbonyl (C=O) groups excluding carboxylic acids is 1. The summed E-state index contributed by atoms with van der Waals surface area (Å²) in [6, 6.07) is 2.87. The van der Waals surface area contributed by atoms with E-state index in [1.807, 2.05) is 25.4 Å². The largest absolute Gasteiger partial charge is 0.348 e. The van der Waals surface area contributed by atoms with Crippen LogP contribution in [0, 0.1) is 13.8 Å². The summed E-state index contributed by atoms with van der Waals surface area (Å²) in [6.45, 7) is 7.92. The van der Waals surface area contributed by atoms with Gasteiger partial charge in [0.05, 0.1) is 6.54 Å². The van der Waals surface area contributed by atoms with E-state index in [2.05, 4.69) is 30.1 Å². The Hall–Kier alpha value is -0.910. The molecule has 1 saturated heterocycles. The standard InChI is InChI=1S/C16H27N3OS/c1-12-9-15(21-13(12)2)10-17-14-5-7-19(8-6-14)11-16(20)18(3)4/h9,14,17H,5-8,10-11H2,1-4H3. The number of thiophene rings is 1. The Labute approximate surface area is 132 Å². The minimum absolute atomic E-state index is 0.200. The lowest BCUT2D eigenvalue weighted by molar-refractivity contribution is -0.130. The number of likely N-dealkylation sites (tertiary alicyclic amines) is 1. The van der Waals surface area contributed by atoms with E-state index in [0.29, 0.717) is 12.6 Å². The van der Waals surface area contributed by atoms with Crippen LogP contribution in [0.1, 0.15) is 28.2 Å². The molecular formula is C16H27N3OS. The van der Waals surface area contributed by atoms with Crippen LogP contribution in [-0.4, -0.2) is 55.5 Å². The number of aryl methyl sites for hydroxylation is 2. The maximum absolute atomic E-state index is 11.7. The monoisotopic (exact) mass is 309 g/mol. The van der Waals surface area contributed by atoms with Gasteiger partial charge in [-0.3, -0.25) is 9.69 Å². The van der Waals surface area contributed by atoms with Crippen molar-refractivity contribution in [1.29, 1.82) is 0 Å². The lowest BCUT2D eigenvalue weighted by Gasteiger charge is -2.32. The third-order valence-electron chi connectivity index (χ3n) is 4.23. The van der Waals surface area contributed by atoms with Gasteiger partial charge >= 0.3 is 0 Å². The molecule has 0 unspecified atom stereocenters. The first-order valence-corrected chi connectivity index (χ1v) is 8.49. The molecule has 1 aliphatic heterocycles. The average molecular weight is 309 g/mol. The second-order valence-electron chi connectivity index (χ2n) is 6.17. The summed E-state index contributed by atoms with van der Waals surface area (Å²) in [5, 5.41) is 3.66. The van der Waals surface area contributed by atoms with Crippen LogP contribution in [0.15, 0.2) is 6.07 Å². The molecule has 1 fully saturated rings. The second-order valence-corrected chi connectivity index (χ2v) is 7.51. The van der Waals surface area contributed by atoms with E-state index >= 15 is 0 Å². The van der Waals surface area contributed by atoms with Crippen LogP contribution < -0.4 is 5.32 Å². The van der Waals surface area contributed by atoms with Gasteiger partial charge in [0.2, 0.25) is 5.91 Å². The van der Waals surface area contributed by atoms with E-state index < -0.39 is 0 Å². The van der Waals surface area contributed by atoms with Crippen molar-refractivity contribution in [1.82, 2.24) is 15.1 Å². The first-order chi connectivity index (χ1) is 9.95. The molecule has 2 rings (SSSR count). The van der Waals surface area contributed by atoms with Crippen molar-refractivity contribution >= 4 is 17.2 Å². The summed E-state index contributed by atoms with van der Waals surface area (Å²) in [7, 11) is 3.64. The summed E-state index contributed by atoms with van der Waals surface area (Å²) >= 11 is 1.89. The smallest absolute Gasteiger partial charge is 0.236 e. The van der Waals surface area contributed by atoms with E-state index in [9.17, 15) is 4.79 Å². The van der Waals surface area contributed by atoms with E-state index in [4.69, 9.17) is 0 Å². The molecule has 5 heteroatoms. The molecule has 1 aromatic heterocycles. The van der Waals surface area contributed by atoms with Crippen molar-refractivity contribution in [2.75, 3.05) is 33.7 Å². The maximum atomic E-state index is 11.7. The predicted octanol–water partition coefficient (Wildman–Crippen LogP) is 2.01.